The van der Waals surface area contributed by atoms with E-state index in [1.54, 1.807) is 13.3 Å². The van der Waals surface area contributed by atoms with Crippen LogP contribution in [0, 0.1) is 11.8 Å². The summed E-state index contributed by atoms with van der Waals surface area (Å²) < 4.78 is 12.2. The first-order chi connectivity index (χ1) is 19.8. The van der Waals surface area contributed by atoms with Crippen LogP contribution >= 0.6 is 0 Å². The van der Waals surface area contributed by atoms with Crippen LogP contribution in [0.5, 0.6) is 11.6 Å². The minimum absolute atomic E-state index is 0.0344. The Bertz CT molecular complexity index is 1410. The number of benzene rings is 2. The van der Waals surface area contributed by atoms with Crippen LogP contribution in [0.1, 0.15) is 87.2 Å². The molecule has 3 heterocycles. The van der Waals surface area contributed by atoms with Crippen LogP contribution < -0.4 is 9.47 Å². The second-order valence-electron chi connectivity index (χ2n) is 12.5. The number of pyridine rings is 1. The van der Waals surface area contributed by atoms with Crippen molar-refractivity contribution < 1.29 is 19.4 Å². The Hall–Kier alpha value is -3.38. The van der Waals surface area contributed by atoms with Gasteiger partial charge < -0.3 is 14.6 Å². The van der Waals surface area contributed by atoms with Crippen LogP contribution in [-0.2, 0) is 17.8 Å². The van der Waals surface area contributed by atoms with Gasteiger partial charge in [-0.2, -0.15) is 0 Å². The summed E-state index contributed by atoms with van der Waals surface area (Å²) in [4.78, 5) is 18.8. The topological polar surface area (TPSA) is 71.9 Å². The third-order valence-electron chi connectivity index (χ3n) is 9.73. The van der Waals surface area contributed by atoms with E-state index in [4.69, 9.17) is 9.47 Å². The van der Waals surface area contributed by atoms with Crippen LogP contribution in [-0.4, -0.2) is 40.2 Å². The van der Waals surface area contributed by atoms with Crippen molar-refractivity contribution in [1.29, 1.82) is 0 Å². The average molecular weight is 555 g/mol. The number of hydrogen-bond donors (Lipinski definition) is 1. The van der Waals surface area contributed by atoms with Gasteiger partial charge in [0.25, 0.3) is 0 Å². The Morgan fingerprint density at radius 3 is 2.49 bits per heavy atom. The molecule has 0 amide bonds. The van der Waals surface area contributed by atoms with Crippen LogP contribution in [0.25, 0.3) is 11.1 Å². The standard InChI is InChI=1S/C35H42N2O4/c1-21-5-6-22(2)37(21)20-29-17-26(27-15-16-36-33(19-27)40-4)11-13-30(29)31-14-12-24-7-10-28(18-32(24)41-31)34(25-8-9-25)23(3)35(38)39/h7,10-11,13,15-19,21-23,25,31,34H,5-6,8-9,12,14,20H2,1-4H3,(H,38,39)/t21-,22+,23-,31?,34?/m0/s1. The summed E-state index contributed by atoms with van der Waals surface area (Å²) >= 11 is 0. The SMILES string of the molecule is COc1cc(-c2ccc(C3CCc4ccc(C(C5CC5)[C@H](C)C(=O)O)cc4O3)c(CN3[C@H](C)CC[C@@H]3C)c2)ccn1. The van der Waals surface area contributed by atoms with Gasteiger partial charge in [-0.1, -0.05) is 31.2 Å². The van der Waals surface area contributed by atoms with Gasteiger partial charge >= 0.3 is 5.97 Å². The third kappa shape index (κ3) is 5.72. The molecule has 5 atom stereocenters. The van der Waals surface area contributed by atoms with Crippen molar-refractivity contribution in [3.05, 3.63) is 77.0 Å². The number of hydrogen-bond acceptors (Lipinski definition) is 5. The van der Waals surface area contributed by atoms with E-state index >= 15 is 0 Å². The molecule has 1 saturated heterocycles. The van der Waals surface area contributed by atoms with Gasteiger partial charge in [-0.15, -0.1) is 0 Å². The first-order valence-electron chi connectivity index (χ1n) is 15.2. The number of carboxylic acid groups (broad SMARTS) is 1. The van der Waals surface area contributed by atoms with E-state index in [9.17, 15) is 9.90 Å². The maximum absolute atomic E-state index is 11.9. The Balaban J connectivity index is 1.33. The minimum atomic E-state index is -0.722. The molecule has 2 aliphatic heterocycles. The smallest absolute Gasteiger partial charge is 0.306 e. The first-order valence-corrected chi connectivity index (χ1v) is 15.2. The van der Waals surface area contributed by atoms with Gasteiger partial charge in [0, 0.05) is 30.9 Å². The number of likely N-dealkylation sites (tertiary alicyclic amines) is 1. The van der Waals surface area contributed by atoms with E-state index in [1.165, 1.54) is 29.5 Å². The van der Waals surface area contributed by atoms with Crippen LogP contribution in [0.3, 0.4) is 0 Å². The molecule has 1 aliphatic carbocycles. The number of ether oxygens (including phenoxy) is 2. The lowest BCUT2D eigenvalue weighted by molar-refractivity contribution is -0.142. The van der Waals surface area contributed by atoms with E-state index in [0.717, 1.165) is 54.7 Å². The third-order valence-corrected chi connectivity index (χ3v) is 9.73. The first kappa shape index (κ1) is 27.8. The molecule has 3 aromatic rings. The van der Waals surface area contributed by atoms with Crippen molar-refractivity contribution in [2.75, 3.05) is 7.11 Å². The molecular formula is C35H42N2O4. The van der Waals surface area contributed by atoms with E-state index in [0.29, 0.717) is 23.9 Å². The van der Waals surface area contributed by atoms with Crippen LogP contribution in [0.15, 0.2) is 54.7 Å². The quantitative estimate of drug-likeness (QED) is 0.297. The summed E-state index contributed by atoms with van der Waals surface area (Å²) in [5.41, 5.74) is 7.10. The van der Waals surface area contributed by atoms with Gasteiger partial charge in [0.05, 0.1) is 13.0 Å². The Kier molecular flexibility index (Phi) is 7.78. The number of nitrogens with zero attached hydrogens (tertiary/aromatic N) is 2. The summed E-state index contributed by atoms with van der Waals surface area (Å²) in [7, 11) is 1.65. The summed E-state index contributed by atoms with van der Waals surface area (Å²) in [5.74, 6) is 0.884. The number of rotatable bonds is 9. The molecular weight excluding hydrogens is 512 g/mol. The van der Waals surface area contributed by atoms with Crippen LogP contribution in [0.4, 0.5) is 0 Å². The second-order valence-corrected chi connectivity index (χ2v) is 12.5. The molecule has 6 rings (SSSR count). The molecule has 0 radical (unpaired) electrons. The lowest BCUT2D eigenvalue weighted by Crippen LogP contribution is -2.32. The van der Waals surface area contributed by atoms with Crippen LogP contribution in [0.2, 0.25) is 0 Å². The fourth-order valence-electron chi connectivity index (χ4n) is 7.08. The zero-order valence-electron chi connectivity index (χ0n) is 24.7. The zero-order valence-corrected chi connectivity index (χ0v) is 24.7. The molecule has 6 nitrogen and oxygen atoms in total. The highest BCUT2D eigenvalue weighted by Gasteiger charge is 2.39. The summed E-state index contributed by atoms with van der Waals surface area (Å²) in [6.45, 7) is 7.41. The number of fused-ring (bicyclic) bond motifs is 1. The predicted molar refractivity (Wildman–Crippen MR) is 160 cm³/mol. The second kappa shape index (κ2) is 11.5. The van der Waals surface area contributed by atoms with Crippen molar-refractivity contribution in [3.8, 4) is 22.8 Å². The molecule has 2 unspecified atom stereocenters. The molecule has 216 valence electrons. The van der Waals surface area contributed by atoms with Gasteiger partial charge in [0.2, 0.25) is 5.88 Å². The summed E-state index contributed by atoms with van der Waals surface area (Å²) in [6, 6.07) is 18.3. The van der Waals surface area contributed by atoms with E-state index in [1.807, 2.05) is 19.1 Å². The van der Waals surface area contributed by atoms with E-state index in [-0.39, 0.29) is 12.0 Å². The van der Waals surface area contributed by atoms with Crippen molar-refractivity contribution in [1.82, 2.24) is 9.88 Å². The lowest BCUT2D eigenvalue weighted by atomic mass is 9.82. The molecule has 41 heavy (non-hydrogen) atoms. The largest absolute Gasteiger partial charge is 0.485 e. The molecule has 3 aliphatic rings. The monoisotopic (exact) mass is 554 g/mol. The minimum Gasteiger partial charge on any atom is -0.485 e. The number of aryl methyl sites for hydroxylation is 1. The molecule has 2 aromatic carbocycles. The normalized spacial score (nSPS) is 23.9. The zero-order chi connectivity index (χ0) is 28.7. The Morgan fingerprint density at radius 1 is 1.02 bits per heavy atom. The molecule has 0 bridgehead atoms. The number of carbonyl (C=O) groups is 1. The molecule has 6 heteroatoms. The van der Waals surface area contributed by atoms with Crippen molar-refractivity contribution >= 4 is 5.97 Å². The lowest BCUT2D eigenvalue weighted by Gasteiger charge is -2.32. The molecule has 1 aromatic heterocycles. The van der Waals surface area contributed by atoms with Gasteiger partial charge in [-0.05, 0) is 116 Å². The highest BCUT2D eigenvalue weighted by atomic mass is 16.5. The van der Waals surface area contributed by atoms with E-state index < -0.39 is 11.9 Å². The number of aromatic nitrogens is 1. The maximum Gasteiger partial charge on any atom is 0.306 e. The van der Waals surface area contributed by atoms with Gasteiger partial charge in [-0.25, -0.2) is 4.98 Å². The maximum atomic E-state index is 11.9. The highest BCUT2D eigenvalue weighted by molar-refractivity contribution is 5.71. The number of methoxy groups -OCH3 is 1. The Morgan fingerprint density at radius 2 is 1.78 bits per heavy atom. The van der Waals surface area contributed by atoms with Crippen molar-refractivity contribution in [2.45, 2.75) is 89.9 Å². The fraction of sp³-hybridized carbons (Fsp3) is 0.486. The molecule has 1 N–H and O–H groups in total. The fourth-order valence-corrected chi connectivity index (χ4v) is 7.08. The average Bonchev–Trinajstić information content (AvgIpc) is 3.78. The molecule has 0 spiro atoms. The van der Waals surface area contributed by atoms with Crippen molar-refractivity contribution in [2.24, 2.45) is 11.8 Å². The Labute approximate surface area is 243 Å². The van der Waals surface area contributed by atoms with Gasteiger partial charge in [0.1, 0.15) is 11.9 Å². The number of aliphatic carboxylic acids is 1. The van der Waals surface area contributed by atoms with Crippen molar-refractivity contribution in [3.63, 3.8) is 0 Å². The summed E-state index contributed by atoms with van der Waals surface area (Å²) in [5, 5.41) is 9.79. The highest BCUT2D eigenvalue weighted by Crippen LogP contribution is 2.48. The summed E-state index contributed by atoms with van der Waals surface area (Å²) in [6.07, 6.45) is 8.29. The van der Waals surface area contributed by atoms with Gasteiger partial charge in [-0.3, -0.25) is 9.69 Å². The molecule has 1 saturated carbocycles. The van der Waals surface area contributed by atoms with E-state index in [2.05, 4.69) is 60.1 Å². The predicted octanol–water partition coefficient (Wildman–Crippen LogP) is 7.41. The van der Waals surface area contributed by atoms with Gasteiger partial charge in [0.15, 0.2) is 0 Å². The number of carboxylic acids is 1. The molecule has 2 fully saturated rings.